The maximum Gasteiger partial charge on any atom is 0.203 e. The van der Waals surface area contributed by atoms with Crippen LogP contribution in [-0.4, -0.2) is 12.4 Å². The second-order valence-corrected chi connectivity index (χ2v) is 5.12. The second kappa shape index (κ2) is 6.13. The Morgan fingerprint density at radius 3 is 2.65 bits per heavy atom. The molecule has 0 aromatic heterocycles. The predicted molar refractivity (Wildman–Crippen MR) is 75.1 cm³/mol. The molecule has 0 aliphatic carbocycles. The average Bonchev–Trinajstić information content (AvgIpc) is 2.40. The topological polar surface area (TPSA) is 26.3 Å². The van der Waals surface area contributed by atoms with E-state index in [9.17, 15) is 13.6 Å². The van der Waals surface area contributed by atoms with Crippen LogP contribution in [-0.2, 0) is 0 Å². The smallest absolute Gasteiger partial charge is 0.203 e. The van der Waals surface area contributed by atoms with Crippen molar-refractivity contribution in [2.75, 3.05) is 6.61 Å². The van der Waals surface area contributed by atoms with Gasteiger partial charge in [-0.2, -0.15) is 0 Å². The molecule has 0 unspecified atom stereocenters. The van der Waals surface area contributed by atoms with E-state index in [4.69, 9.17) is 4.74 Å². The molecular weight excluding hydrogens is 330 g/mol. The number of rotatable bonds is 4. The Labute approximate surface area is 123 Å². The van der Waals surface area contributed by atoms with Crippen molar-refractivity contribution in [3.63, 3.8) is 0 Å². The molecule has 0 saturated heterocycles. The minimum absolute atomic E-state index is 0.312. The first-order chi connectivity index (χ1) is 9.47. The van der Waals surface area contributed by atoms with Gasteiger partial charge in [-0.25, -0.2) is 8.78 Å². The van der Waals surface area contributed by atoms with Crippen LogP contribution in [0.25, 0.3) is 0 Å². The minimum atomic E-state index is -0.761. The van der Waals surface area contributed by atoms with Gasteiger partial charge in [0.2, 0.25) is 5.78 Å². The van der Waals surface area contributed by atoms with Gasteiger partial charge in [-0.15, -0.1) is 0 Å². The molecule has 0 bridgehead atoms. The number of carbonyl (C=O) groups excluding carboxylic acids is 1. The molecule has 0 amide bonds. The number of hydrogen-bond acceptors (Lipinski definition) is 2. The normalized spacial score (nSPS) is 10.4. The minimum Gasteiger partial charge on any atom is -0.484 e. The highest BCUT2D eigenvalue weighted by Gasteiger charge is 2.14. The molecule has 0 aliphatic heterocycles. The molecule has 0 spiro atoms. The van der Waals surface area contributed by atoms with Gasteiger partial charge in [0.15, 0.2) is 6.61 Å². The van der Waals surface area contributed by atoms with Crippen molar-refractivity contribution >= 4 is 21.7 Å². The second-order valence-electron chi connectivity index (χ2n) is 4.27. The van der Waals surface area contributed by atoms with Crippen LogP contribution in [0.3, 0.4) is 0 Å². The third-order valence-electron chi connectivity index (χ3n) is 2.67. The molecule has 0 heterocycles. The summed E-state index contributed by atoms with van der Waals surface area (Å²) in [6, 6.07) is 8.11. The number of benzene rings is 2. The molecule has 2 aromatic carbocycles. The lowest BCUT2D eigenvalue weighted by Crippen LogP contribution is -2.13. The van der Waals surface area contributed by atoms with E-state index in [1.54, 1.807) is 6.07 Å². The zero-order valence-electron chi connectivity index (χ0n) is 10.6. The van der Waals surface area contributed by atoms with E-state index in [1.807, 2.05) is 19.1 Å². The molecule has 2 rings (SSSR count). The number of ether oxygens (including phenoxy) is 1. The van der Waals surface area contributed by atoms with Crippen LogP contribution in [0, 0.1) is 18.6 Å². The van der Waals surface area contributed by atoms with Crippen molar-refractivity contribution in [1.82, 2.24) is 0 Å². The Bertz CT molecular complexity index is 656. The highest BCUT2D eigenvalue weighted by molar-refractivity contribution is 9.10. The zero-order valence-corrected chi connectivity index (χ0v) is 12.2. The van der Waals surface area contributed by atoms with E-state index in [-0.39, 0.29) is 12.2 Å². The van der Waals surface area contributed by atoms with Gasteiger partial charge in [-0.1, -0.05) is 6.07 Å². The quantitative estimate of drug-likeness (QED) is 0.775. The molecule has 2 nitrogen and oxygen atoms in total. The summed E-state index contributed by atoms with van der Waals surface area (Å²) < 4.78 is 32.5. The molecule has 0 fully saturated rings. The van der Waals surface area contributed by atoms with Crippen molar-refractivity contribution in [1.29, 1.82) is 0 Å². The number of hydrogen-bond donors (Lipinski definition) is 0. The van der Waals surface area contributed by atoms with Gasteiger partial charge in [0.05, 0.1) is 10.0 Å². The lowest BCUT2D eigenvalue weighted by molar-refractivity contribution is 0.0916. The van der Waals surface area contributed by atoms with Gasteiger partial charge in [-0.3, -0.25) is 4.79 Å². The number of carbonyl (C=O) groups is 1. The largest absolute Gasteiger partial charge is 0.484 e. The Kier molecular flexibility index (Phi) is 4.49. The van der Waals surface area contributed by atoms with Crippen LogP contribution in [0.4, 0.5) is 8.78 Å². The lowest BCUT2D eigenvalue weighted by Gasteiger charge is -2.08. The standard InChI is InChI=1S/C15H11BrF2O2/c1-9-2-5-15(12(16)6-9)20-8-14(19)11-7-10(17)3-4-13(11)18/h2-7H,8H2,1H3. The van der Waals surface area contributed by atoms with Gasteiger partial charge < -0.3 is 4.74 Å². The van der Waals surface area contributed by atoms with Gasteiger partial charge in [-0.05, 0) is 58.7 Å². The number of ketones is 1. The molecule has 104 valence electrons. The van der Waals surface area contributed by atoms with Crippen LogP contribution in [0.1, 0.15) is 15.9 Å². The van der Waals surface area contributed by atoms with Crippen LogP contribution in [0.5, 0.6) is 5.75 Å². The van der Waals surface area contributed by atoms with E-state index in [1.165, 1.54) is 0 Å². The number of halogens is 3. The summed E-state index contributed by atoms with van der Waals surface area (Å²) in [4.78, 5) is 11.8. The molecular formula is C15H11BrF2O2. The van der Waals surface area contributed by atoms with Crippen LogP contribution in [0.15, 0.2) is 40.9 Å². The molecule has 0 radical (unpaired) electrons. The van der Waals surface area contributed by atoms with E-state index in [0.29, 0.717) is 10.2 Å². The van der Waals surface area contributed by atoms with Crippen LogP contribution < -0.4 is 4.74 Å². The predicted octanol–water partition coefficient (Wildman–Crippen LogP) is 4.30. The molecule has 0 saturated carbocycles. The Morgan fingerprint density at radius 1 is 1.20 bits per heavy atom. The fraction of sp³-hybridized carbons (Fsp3) is 0.133. The lowest BCUT2D eigenvalue weighted by atomic mass is 10.1. The summed E-state index contributed by atoms with van der Waals surface area (Å²) in [5, 5.41) is 0. The summed E-state index contributed by atoms with van der Waals surface area (Å²) in [5.41, 5.74) is 0.722. The molecule has 0 aliphatic rings. The summed E-state index contributed by atoms with van der Waals surface area (Å²) in [7, 11) is 0. The van der Waals surface area contributed by atoms with Crippen molar-refractivity contribution in [2.45, 2.75) is 6.92 Å². The van der Waals surface area contributed by atoms with Crippen molar-refractivity contribution in [3.05, 3.63) is 63.6 Å². The highest BCUT2D eigenvalue weighted by Crippen LogP contribution is 2.26. The Morgan fingerprint density at radius 2 is 1.95 bits per heavy atom. The third-order valence-corrected chi connectivity index (χ3v) is 3.29. The van der Waals surface area contributed by atoms with E-state index < -0.39 is 17.4 Å². The van der Waals surface area contributed by atoms with Crippen LogP contribution in [0.2, 0.25) is 0 Å². The van der Waals surface area contributed by atoms with E-state index >= 15 is 0 Å². The van der Waals surface area contributed by atoms with Gasteiger partial charge in [0, 0.05) is 0 Å². The van der Waals surface area contributed by atoms with Crippen LogP contribution >= 0.6 is 15.9 Å². The average molecular weight is 341 g/mol. The fourth-order valence-electron chi connectivity index (χ4n) is 1.66. The van der Waals surface area contributed by atoms with Crippen molar-refractivity contribution in [2.24, 2.45) is 0 Å². The summed E-state index contributed by atoms with van der Waals surface area (Å²) >= 11 is 3.31. The highest BCUT2D eigenvalue weighted by atomic mass is 79.9. The molecule has 20 heavy (non-hydrogen) atoms. The zero-order chi connectivity index (χ0) is 14.7. The monoisotopic (exact) mass is 340 g/mol. The summed E-state index contributed by atoms with van der Waals surface area (Å²) in [5.74, 6) is -1.57. The number of aryl methyl sites for hydroxylation is 1. The van der Waals surface area contributed by atoms with E-state index in [0.717, 1.165) is 23.8 Å². The Balaban J connectivity index is 2.10. The first-order valence-corrected chi connectivity index (χ1v) is 6.64. The number of Topliss-reactive ketones (excluding diaryl/α,β-unsaturated/α-hetero) is 1. The first kappa shape index (κ1) is 14.7. The maximum atomic E-state index is 13.4. The summed E-state index contributed by atoms with van der Waals surface area (Å²) in [6.07, 6.45) is 0. The molecule has 0 atom stereocenters. The SMILES string of the molecule is Cc1ccc(OCC(=O)c2cc(F)ccc2F)c(Br)c1. The Hall–Kier alpha value is -1.75. The fourth-order valence-corrected chi connectivity index (χ4v) is 2.26. The molecule has 0 N–H and O–H groups in total. The van der Waals surface area contributed by atoms with Gasteiger partial charge >= 0.3 is 0 Å². The molecule has 5 heteroatoms. The maximum absolute atomic E-state index is 13.4. The third kappa shape index (κ3) is 3.42. The van der Waals surface area contributed by atoms with Gasteiger partial charge in [0.1, 0.15) is 17.4 Å². The summed E-state index contributed by atoms with van der Waals surface area (Å²) in [6.45, 7) is 1.56. The first-order valence-electron chi connectivity index (χ1n) is 5.84. The van der Waals surface area contributed by atoms with Crippen molar-refractivity contribution < 1.29 is 18.3 Å². The van der Waals surface area contributed by atoms with Crippen molar-refractivity contribution in [3.8, 4) is 5.75 Å². The van der Waals surface area contributed by atoms with E-state index in [2.05, 4.69) is 15.9 Å². The molecule has 2 aromatic rings. The van der Waals surface area contributed by atoms with Gasteiger partial charge in [0.25, 0.3) is 0 Å².